The van der Waals surface area contributed by atoms with Crippen molar-refractivity contribution in [2.75, 3.05) is 18.6 Å². The molecule has 0 saturated heterocycles. The Morgan fingerprint density at radius 2 is 1.90 bits per heavy atom. The summed E-state index contributed by atoms with van der Waals surface area (Å²) in [6, 6.07) is 0. The highest BCUT2D eigenvalue weighted by molar-refractivity contribution is 7.98. The quantitative estimate of drug-likeness (QED) is 0.459. The maximum atomic E-state index is 9.76. The van der Waals surface area contributed by atoms with Gasteiger partial charge in [-0.05, 0) is 31.4 Å². The third kappa shape index (κ3) is 8.27. The van der Waals surface area contributed by atoms with Crippen LogP contribution in [-0.2, 0) is 0 Å². The molecule has 0 heterocycles. The van der Waals surface area contributed by atoms with Gasteiger partial charge in [0.05, 0.1) is 0 Å². The Morgan fingerprint density at radius 1 is 1.20 bits per heavy atom. The first kappa shape index (κ1) is 10.3. The smallest absolute Gasteiger partial charge is 0.00703 e. The molecule has 2 nitrogen and oxygen atoms in total. The van der Waals surface area contributed by atoms with Gasteiger partial charge in [-0.1, -0.05) is 12.8 Å². The maximum Gasteiger partial charge on any atom is -0.00703 e. The minimum absolute atomic E-state index is 0.624. The lowest BCUT2D eigenvalue weighted by Crippen LogP contribution is -2.04. The van der Waals surface area contributed by atoms with E-state index >= 15 is 0 Å². The molecule has 0 aliphatic rings. The minimum Gasteiger partial charge on any atom is -0.788 e. The monoisotopic (exact) mass is 162 g/mol. The van der Waals surface area contributed by atoms with Crippen LogP contribution in [0, 0.1) is 5.21 Å². The summed E-state index contributed by atoms with van der Waals surface area (Å²) < 4.78 is 0. The molecule has 0 atom stereocenters. The number of hydrogen-bond acceptors (Lipinski definition) is 3. The predicted octanol–water partition coefficient (Wildman–Crippen LogP) is 2.00. The summed E-state index contributed by atoms with van der Waals surface area (Å²) >= 11 is 1.89. The van der Waals surface area contributed by atoms with Gasteiger partial charge in [-0.25, -0.2) is 0 Å². The molecule has 0 rings (SSSR count). The van der Waals surface area contributed by atoms with Crippen molar-refractivity contribution in [3.8, 4) is 0 Å². The van der Waals surface area contributed by atoms with Crippen molar-refractivity contribution in [2.24, 2.45) is 0 Å². The standard InChI is InChI=1S/C7H16NOS/c1-10-7-5-3-2-4-6-8-9/h8H,2-7H2,1H3/q-1. The second kappa shape index (κ2) is 9.27. The number of unbranched alkanes of at least 4 members (excludes halogenated alkanes) is 3. The SMILES string of the molecule is CSCCCCCCN[O-]. The summed E-state index contributed by atoms with van der Waals surface area (Å²) in [5.41, 5.74) is 1.90. The molecule has 0 fully saturated rings. The van der Waals surface area contributed by atoms with Crippen LogP contribution < -0.4 is 5.48 Å². The third-order valence-corrected chi connectivity index (χ3v) is 2.07. The zero-order chi connectivity index (χ0) is 7.66. The van der Waals surface area contributed by atoms with Crippen LogP contribution in [0.1, 0.15) is 25.7 Å². The Kier molecular flexibility index (Phi) is 9.52. The summed E-state index contributed by atoms with van der Waals surface area (Å²) in [6.45, 7) is 0.624. The maximum absolute atomic E-state index is 9.76. The molecule has 0 aromatic carbocycles. The Morgan fingerprint density at radius 3 is 2.50 bits per heavy atom. The van der Waals surface area contributed by atoms with Crippen molar-refractivity contribution >= 4 is 11.8 Å². The van der Waals surface area contributed by atoms with Gasteiger partial charge < -0.3 is 10.7 Å². The number of thioether (sulfide) groups is 1. The topological polar surface area (TPSA) is 35.1 Å². The fourth-order valence-corrected chi connectivity index (χ4v) is 1.29. The highest BCUT2D eigenvalue weighted by Gasteiger charge is 1.86. The van der Waals surface area contributed by atoms with E-state index in [4.69, 9.17) is 0 Å². The van der Waals surface area contributed by atoms with Gasteiger partial charge in [0, 0.05) is 0 Å². The highest BCUT2D eigenvalue weighted by atomic mass is 32.2. The van der Waals surface area contributed by atoms with E-state index in [9.17, 15) is 5.21 Å². The van der Waals surface area contributed by atoms with Gasteiger partial charge in [0.2, 0.25) is 0 Å². The highest BCUT2D eigenvalue weighted by Crippen LogP contribution is 2.03. The molecule has 0 spiro atoms. The van der Waals surface area contributed by atoms with E-state index in [1.54, 1.807) is 0 Å². The van der Waals surface area contributed by atoms with Crippen molar-refractivity contribution in [3.05, 3.63) is 5.21 Å². The molecule has 0 amide bonds. The van der Waals surface area contributed by atoms with Gasteiger partial charge >= 0.3 is 0 Å². The molecule has 0 saturated carbocycles. The molecule has 62 valence electrons. The molecular formula is C7H16NOS-. The summed E-state index contributed by atoms with van der Waals surface area (Å²) in [7, 11) is 0. The van der Waals surface area contributed by atoms with Gasteiger partial charge in [-0.3, -0.25) is 0 Å². The lowest BCUT2D eigenvalue weighted by molar-refractivity contribution is 0.649. The van der Waals surface area contributed by atoms with E-state index in [1.807, 2.05) is 17.2 Å². The van der Waals surface area contributed by atoms with Crippen LogP contribution in [-0.4, -0.2) is 18.6 Å². The van der Waals surface area contributed by atoms with E-state index in [-0.39, 0.29) is 0 Å². The molecule has 0 aromatic rings. The molecule has 1 N–H and O–H groups in total. The summed E-state index contributed by atoms with van der Waals surface area (Å²) in [6.07, 6.45) is 6.90. The average Bonchev–Trinajstić information content (AvgIpc) is 1.97. The second-order valence-electron chi connectivity index (χ2n) is 2.30. The predicted molar refractivity (Wildman–Crippen MR) is 48.2 cm³/mol. The van der Waals surface area contributed by atoms with Crippen molar-refractivity contribution in [3.63, 3.8) is 0 Å². The van der Waals surface area contributed by atoms with E-state index in [2.05, 4.69) is 6.26 Å². The lowest BCUT2D eigenvalue weighted by Gasteiger charge is -2.05. The van der Waals surface area contributed by atoms with E-state index < -0.39 is 0 Å². The Hall–Kier alpha value is 0.270. The van der Waals surface area contributed by atoms with Crippen LogP contribution in [0.4, 0.5) is 0 Å². The summed E-state index contributed by atoms with van der Waals surface area (Å²) in [5.74, 6) is 1.25. The van der Waals surface area contributed by atoms with E-state index in [0.717, 1.165) is 6.42 Å². The van der Waals surface area contributed by atoms with Gasteiger partial charge in [0.1, 0.15) is 0 Å². The zero-order valence-electron chi connectivity index (χ0n) is 6.56. The molecule has 0 aliphatic carbocycles. The van der Waals surface area contributed by atoms with Gasteiger partial charge in [0.25, 0.3) is 0 Å². The van der Waals surface area contributed by atoms with Gasteiger partial charge in [-0.2, -0.15) is 11.8 Å². The average molecular weight is 162 g/mol. The molecule has 10 heavy (non-hydrogen) atoms. The molecule has 0 unspecified atom stereocenters. The Balaban J connectivity index is 2.65. The van der Waals surface area contributed by atoms with Gasteiger partial charge in [0.15, 0.2) is 0 Å². The molecular weight excluding hydrogens is 146 g/mol. The van der Waals surface area contributed by atoms with Crippen LogP contribution in [0.15, 0.2) is 0 Å². The zero-order valence-corrected chi connectivity index (χ0v) is 7.38. The largest absolute Gasteiger partial charge is 0.788 e. The van der Waals surface area contributed by atoms with E-state index in [0.29, 0.717) is 6.54 Å². The fourth-order valence-electron chi connectivity index (χ4n) is 0.797. The molecule has 0 radical (unpaired) electrons. The van der Waals surface area contributed by atoms with Crippen molar-refractivity contribution in [1.82, 2.24) is 5.48 Å². The van der Waals surface area contributed by atoms with Crippen LogP contribution in [0.2, 0.25) is 0 Å². The van der Waals surface area contributed by atoms with Crippen LogP contribution >= 0.6 is 11.8 Å². The molecule has 0 bridgehead atoms. The Labute approximate surface area is 67.4 Å². The first-order valence-electron chi connectivity index (χ1n) is 3.75. The van der Waals surface area contributed by atoms with Crippen LogP contribution in [0.3, 0.4) is 0 Å². The number of nitrogens with one attached hydrogen (secondary N) is 1. The first-order valence-corrected chi connectivity index (χ1v) is 5.15. The van der Waals surface area contributed by atoms with Crippen LogP contribution in [0.25, 0.3) is 0 Å². The summed E-state index contributed by atoms with van der Waals surface area (Å²) in [4.78, 5) is 0. The fraction of sp³-hybridized carbons (Fsp3) is 1.00. The Bertz CT molecular complexity index is 53.6. The molecule has 0 aromatic heterocycles. The first-order chi connectivity index (χ1) is 4.91. The summed E-state index contributed by atoms with van der Waals surface area (Å²) in [5, 5.41) is 9.76. The number of hydroxylamine groups is 1. The molecule has 3 heteroatoms. The van der Waals surface area contributed by atoms with Crippen LogP contribution in [0.5, 0.6) is 0 Å². The normalized spacial score (nSPS) is 10.2. The van der Waals surface area contributed by atoms with Crippen molar-refractivity contribution in [2.45, 2.75) is 25.7 Å². The lowest BCUT2D eigenvalue weighted by atomic mass is 10.2. The minimum atomic E-state index is 0.624. The second-order valence-corrected chi connectivity index (χ2v) is 3.29. The van der Waals surface area contributed by atoms with Gasteiger partial charge in [-0.15, -0.1) is 0 Å². The van der Waals surface area contributed by atoms with E-state index in [1.165, 1.54) is 25.0 Å². The van der Waals surface area contributed by atoms with Crippen molar-refractivity contribution < 1.29 is 0 Å². The number of hydrogen-bond donors (Lipinski definition) is 1. The van der Waals surface area contributed by atoms with Crippen molar-refractivity contribution in [1.29, 1.82) is 0 Å². The third-order valence-electron chi connectivity index (χ3n) is 1.38. The number of rotatable bonds is 7. The molecule has 0 aliphatic heterocycles.